The molecule has 1 aromatic heterocycles. The van der Waals surface area contributed by atoms with Gasteiger partial charge in [-0.25, -0.2) is 4.98 Å². The third kappa shape index (κ3) is 3.59. The van der Waals surface area contributed by atoms with Gasteiger partial charge in [0.15, 0.2) is 0 Å². The van der Waals surface area contributed by atoms with E-state index < -0.39 is 0 Å². The lowest BCUT2D eigenvalue weighted by atomic mass is 9.96. The van der Waals surface area contributed by atoms with E-state index in [9.17, 15) is 0 Å². The smallest absolute Gasteiger partial charge is 0.0890 e. The number of rotatable bonds is 6. The van der Waals surface area contributed by atoms with Crippen molar-refractivity contribution in [3.63, 3.8) is 0 Å². The molecule has 0 bridgehead atoms. The molecule has 112 valence electrons. The van der Waals surface area contributed by atoms with Crippen LogP contribution in [0.5, 0.6) is 0 Å². The molecule has 1 atom stereocenters. The number of fused-ring (bicyclic) bond motifs is 1. The topological polar surface area (TPSA) is 37.8 Å². The van der Waals surface area contributed by atoms with Gasteiger partial charge in [-0.05, 0) is 37.4 Å². The van der Waals surface area contributed by atoms with Crippen LogP contribution in [-0.2, 0) is 0 Å². The van der Waals surface area contributed by atoms with Crippen LogP contribution in [0.2, 0.25) is 0 Å². The van der Waals surface area contributed by atoms with Crippen molar-refractivity contribution < 1.29 is 0 Å². The van der Waals surface area contributed by atoms with Gasteiger partial charge < -0.3 is 5.32 Å². The van der Waals surface area contributed by atoms with Gasteiger partial charge in [0.05, 0.1) is 29.0 Å². The average Bonchev–Trinajstić information content (AvgIpc) is 3.04. The first-order chi connectivity index (χ1) is 10.4. The third-order valence-corrected chi connectivity index (χ3v) is 4.51. The first-order valence-corrected chi connectivity index (χ1v) is 8.32. The average molecular weight is 283 g/mol. The van der Waals surface area contributed by atoms with Crippen molar-refractivity contribution >= 4 is 11.0 Å². The summed E-state index contributed by atoms with van der Waals surface area (Å²) < 4.78 is 0. The molecular weight excluding hydrogens is 258 g/mol. The normalized spacial score (nSPS) is 17.4. The van der Waals surface area contributed by atoms with Crippen molar-refractivity contribution in [2.45, 2.75) is 51.5 Å². The van der Waals surface area contributed by atoms with Crippen LogP contribution in [0.3, 0.4) is 0 Å². The van der Waals surface area contributed by atoms with Crippen LogP contribution in [0.1, 0.15) is 57.2 Å². The number of aromatic nitrogens is 2. The van der Waals surface area contributed by atoms with Gasteiger partial charge in [-0.3, -0.25) is 4.98 Å². The summed E-state index contributed by atoms with van der Waals surface area (Å²) in [4.78, 5) is 9.43. The van der Waals surface area contributed by atoms with Crippen LogP contribution in [0.4, 0.5) is 0 Å². The maximum absolute atomic E-state index is 4.85. The first-order valence-electron chi connectivity index (χ1n) is 8.32. The van der Waals surface area contributed by atoms with E-state index in [1.807, 2.05) is 24.4 Å². The highest BCUT2D eigenvalue weighted by molar-refractivity contribution is 5.73. The van der Waals surface area contributed by atoms with Gasteiger partial charge in [-0.1, -0.05) is 44.7 Å². The summed E-state index contributed by atoms with van der Waals surface area (Å²) in [6.07, 6.45) is 9.87. The molecule has 1 unspecified atom stereocenters. The summed E-state index contributed by atoms with van der Waals surface area (Å²) in [6.45, 7) is 3.26. The lowest BCUT2D eigenvalue weighted by molar-refractivity contribution is 0.389. The molecule has 21 heavy (non-hydrogen) atoms. The number of hydrogen-bond acceptors (Lipinski definition) is 3. The molecular formula is C18H25N3. The first kappa shape index (κ1) is 14.5. The molecule has 1 aromatic carbocycles. The molecule has 1 aliphatic carbocycles. The van der Waals surface area contributed by atoms with Gasteiger partial charge in [0.2, 0.25) is 0 Å². The van der Waals surface area contributed by atoms with Crippen molar-refractivity contribution in [3.8, 4) is 0 Å². The molecule has 0 aliphatic heterocycles. The summed E-state index contributed by atoms with van der Waals surface area (Å²) in [6, 6.07) is 8.48. The molecule has 1 heterocycles. The lowest BCUT2D eigenvalue weighted by Gasteiger charge is -2.21. The Kier molecular flexibility index (Phi) is 4.81. The number of nitrogens with zero attached hydrogens (tertiary/aromatic N) is 2. The number of benzene rings is 1. The second-order valence-electron chi connectivity index (χ2n) is 6.18. The Bertz CT molecular complexity index is 575. The second kappa shape index (κ2) is 6.99. The van der Waals surface area contributed by atoms with Gasteiger partial charge >= 0.3 is 0 Å². The summed E-state index contributed by atoms with van der Waals surface area (Å²) in [5, 5.41) is 3.67. The summed E-state index contributed by atoms with van der Waals surface area (Å²) in [7, 11) is 0. The maximum atomic E-state index is 4.85. The Labute approximate surface area is 127 Å². The molecule has 1 N–H and O–H groups in total. The Morgan fingerprint density at radius 1 is 1.19 bits per heavy atom. The molecule has 1 aliphatic rings. The fourth-order valence-electron chi connectivity index (χ4n) is 3.35. The Hall–Kier alpha value is -1.48. The van der Waals surface area contributed by atoms with Gasteiger partial charge in [0.25, 0.3) is 0 Å². The van der Waals surface area contributed by atoms with E-state index in [2.05, 4.69) is 23.3 Å². The standard InChI is InChI=1S/C18H25N3/c1-2-11-19-17(12-14-7-3-4-8-14)18-13-20-15-9-5-6-10-16(15)21-18/h5-6,9-10,13-14,17,19H,2-4,7-8,11-12H2,1H3. The van der Waals surface area contributed by atoms with Crippen molar-refractivity contribution in [1.82, 2.24) is 15.3 Å². The molecule has 3 heteroatoms. The molecule has 0 radical (unpaired) electrons. The third-order valence-electron chi connectivity index (χ3n) is 4.51. The van der Waals surface area contributed by atoms with Gasteiger partial charge in [0.1, 0.15) is 0 Å². The number of nitrogens with one attached hydrogen (secondary N) is 1. The van der Waals surface area contributed by atoms with Crippen molar-refractivity contribution in [2.75, 3.05) is 6.54 Å². The monoisotopic (exact) mass is 283 g/mol. The highest BCUT2D eigenvalue weighted by Gasteiger charge is 2.22. The van der Waals surface area contributed by atoms with E-state index in [-0.39, 0.29) is 0 Å². The molecule has 0 saturated heterocycles. The highest BCUT2D eigenvalue weighted by Crippen LogP contribution is 2.32. The van der Waals surface area contributed by atoms with Gasteiger partial charge in [-0.15, -0.1) is 0 Å². The Morgan fingerprint density at radius 3 is 2.71 bits per heavy atom. The van der Waals surface area contributed by atoms with E-state index in [1.54, 1.807) is 0 Å². The molecule has 3 rings (SSSR count). The largest absolute Gasteiger partial charge is 0.309 e. The fraction of sp³-hybridized carbons (Fsp3) is 0.556. The van der Waals surface area contributed by atoms with Gasteiger partial charge in [0, 0.05) is 0 Å². The van der Waals surface area contributed by atoms with E-state index in [1.165, 1.54) is 32.1 Å². The molecule has 2 aromatic rings. The fourth-order valence-corrected chi connectivity index (χ4v) is 3.35. The molecule has 0 amide bonds. The lowest BCUT2D eigenvalue weighted by Crippen LogP contribution is -2.25. The second-order valence-corrected chi connectivity index (χ2v) is 6.18. The zero-order valence-electron chi connectivity index (χ0n) is 12.9. The number of hydrogen-bond donors (Lipinski definition) is 1. The minimum absolute atomic E-state index is 0.352. The van der Waals surface area contributed by atoms with Crippen molar-refractivity contribution in [2.24, 2.45) is 5.92 Å². The number of para-hydroxylation sites is 2. The highest BCUT2D eigenvalue weighted by atomic mass is 15.0. The zero-order chi connectivity index (χ0) is 14.5. The zero-order valence-corrected chi connectivity index (χ0v) is 12.9. The summed E-state index contributed by atoms with van der Waals surface area (Å²) >= 11 is 0. The summed E-state index contributed by atoms with van der Waals surface area (Å²) in [5.41, 5.74) is 3.09. The molecule has 0 spiro atoms. The predicted octanol–water partition coefficient (Wildman–Crippen LogP) is 4.25. The molecule has 1 saturated carbocycles. The molecule has 1 fully saturated rings. The Morgan fingerprint density at radius 2 is 1.95 bits per heavy atom. The van der Waals surface area contributed by atoms with Crippen LogP contribution in [0.15, 0.2) is 30.5 Å². The van der Waals surface area contributed by atoms with Crippen LogP contribution in [0.25, 0.3) is 11.0 Å². The van der Waals surface area contributed by atoms with E-state index >= 15 is 0 Å². The quantitative estimate of drug-likeness (QED) is 0.861. The summed E-state index contributed by atoms with van der Waals surface area (Å²) in [5.74, 6) is 0.854. The van der Waals surface area contributed by atoms with Crippen LogP contribution < -0.4 is 5.32 Å². The van der Waals surface area contributed by atoms with Crippen LogP contribution >= 0.6 is 0 Å². The molecule has 3 nitrogen and oxygen atoms in total. The van der Waals surface area contributed by atoms with Crippen molar-refractivity contribution in [1.29, 1.82) is 0 Å². The van der Waals surface area contributed by atoms with Crippen LogP contribution in [-0.4, -0.2) is 16.5 Å². The SMILES string of the molecule is CCCNC(CC1CCCC1)c1cnc2ccccc2n1. The van der Waals surface area contributed by atoms with Crippen molar-refractivity contribution in [3.05, 3.63) is 36.2 Å². The maximum Gasteiger partial charge on any atom is 0.0890 e. The van der Waals surface area contributed by atoms with E-state index in [0.717, 1.165) is 35.6 Å². The van der Waals surface area contributed by atoms with Gasteiger partial charge in [-0.2, -0.15) is 0 Å². The predicted molar refractivity (Wildman–Crippen MR) is 87.1 cm³/mol. The Balaban J connectivity index is 1.81. The minimum atomic E-state index is 0.352. The van der Waals surface area contributed by atoms with Crippen LogP contribution in [0, 0.1) is 5.92 Å². The van der Waals surface area contributed by atoms with E-state index in [0.29, 0.717) is 6.04 Å². The minimum Gasteiger partial charge on any atom is -0.309 e. The van der Waals surface area contributed by atoms with E-state index in [4.69, 9.17) is 4.98 Å².